The van der Waals surface area contributed by atoms with E-state index in [9.17, 15) is 0 Å². The Morgan fingerprint density at radius 2 is 2.17 bits per heavy atom. The van der Waals surface area contributed by atoms with Crippen molar-refractivity contribution in [1.82, 2.24) is 4.90 Å². The van der Waals surface area contributed by atoms with Gasteiger partial charge in [-0.2, -0.15) is 5.26 Å². The summed E-state index contributed by atoms with van der Waals surface area (Å²) in [5.41, 5.74) is 0. The normalized spacial score (nSPS) is 31.9. The maximum Gasteiger partial charge on any atom is 0.0656 e. The highest BCUT2D eigenvalue weighted by Crippen LogP contribution is 2.23. The molecule has 1 rings (SSSR count). The third-order valence-electron chi connectivity index (χ3n) is 2.77. The molecule has 0 aliphatic carbocycles. The van der Waals surface area contributed by atoms with Crippen molar-refractivity contribution in [2.45, 2.75) is 45.7 Å². The number of hydrogen-bond donors (Lipinski definition) is 0. The molecule has 0 aromatic rings. The van der Waals surface area contributed by atoms with Gasteiger partial charge in [-0.1, -0.05) is 0 Å². The molecule has 0 spiro atoms. The summed E-state index contributed by atoms with van der Waals surface area (Å²) < 4.78 is 0. The standard InChI is InChI=1S/C10H18N2/c1-8(2)12-5-4-10(7-11)6-9(12)3/h8-10H,4-6H2,1-3H3. The van der Waals surface area contributed by atoms with Gasteiger partial charge in [0.15, 0.2) is 0 Å². The zero-order chi connectivity index (χ0) is 9.14. The van der Waals surface area contributed by atoms with Crippen LogP contribution >= 0.6 is 0 Å². The van der Waals surface area contributed by atoms with Gasteiger partial charge in [-0.15, -0.1) is 0 Å². The number of nitrogens with zero attached hydrogens (tertiary/aromatic N) is 2. The van der Waals surface area contributed by atoms with Gasteiger partial charge in [0.1, 0.15) is 0 Å². The van der Waals surface area contributed by atoms with Gasteiger partial charge in [0.05, 0.1) is 6.07 Å². The van der Waals surface area contributed by atoms with Crippen LogP contribution in [0.3, 0.4) is 0 Å². The van der Waals surface area contributed by atoms with Gasteiger partial charge in [0.25, 0.3) is 0 Å². The van der Waals surface area contributed by atoms with Crippen molar-refractivity contribution in [3.8, 4) is 6.07 Å². The van der Waals surface area contributed by atoms with Crippen molar-refractivity contribution in [2.75, 3.05) is 6.54 Å². The third kappa shape index (κ3) is 1.98. The predicted octanol–water partition coefficient (Wildman–Crippen LogP) is 2.02. The van der Waals surface area contributed by atoms with E-state index in [1.54, 1.807) is 0 Å². The van der Waals surface area contributed by atoms with Crippen LogP contribution in [0.1, 0.15) is 33.6 Å². The molecular weight excluding hydrogens is 148 g/mol. The molecule has 2 unspecified atom stereocenters. The molecule has 1 aliphatic heterocycles. The monoisotopic (exact) mass is 166 g/mol. The van der Waals surface area contributed by atoms with Crippen molar-refractivity contribution in [2.24, 2.45) is 5.92 Å². The third-order valence-corrected chi connectivity index (χ3v) is 2.77. The van der Waals surface area contributed by atoms with E-state index >= 15 is 0 Å². The summed E-state index contributed by atoms with van der Waals surface area (Å²) in [6.45, 7) is 7.77. The molecule has 2 heteroatoms. The smallest absolute Gasteiger partial charge is 0.0656 e. The molecule has 0 amide bonds. The Hall–Kier alpha value is -0.550. The zero-order valence-corrected chi connectivity index (χ0v) is 8.25. The van der Waals surface area contributed by atoms with Crippen LogP contribution in [0.15, 0.2) is 0 Å². The Kier molecular flexibility index (Phi) is 3.11. The van der Waals surface area contributed by atoms with Gasteiger partial charge in [-0.25, -0.2) is 0 Å². The first-order chi connectivity index (χ1) is 5.65. The fraction of sp³-hybridized carbons (Fsp3) is 0.900. The molecule has 1 saturated heterocycles. The minimum Gasteiger partial charge on any atom is -0.298 e. The number of nitriles is 1. The van der Waals surface area contributed by atoms with Crippen molar-refractivity contribution in [3.63, 3.8) is 0 Å². The highest BCUT2D eigenvalue weighted by atomic mass is 15.2. The van der Waals surface area contributed by atoms with Crippen LogP contribution in [0.5, 0.6) is 0 Å². The highest BCUT2D eigenvalue weighted by molar-refractivity contribution is 4.91. The summed E-state index contributed by atoms with van der Waals surface area (Å²) in [6, 6.07) is 3.58. The van der Waals surface area contributed by atoms with E-state index in [0.29, 0.717) is 18.0 Å². The van der Waals surface area contributed by atoms with E-state index in [1.165, 1.54) is 0 Å². The molecule has 0 saturated carbocycles. The molecular formula is C10H18N2. The summed E-state index contributed by atoms with van der Waals surface area (Å²) in [5, 5.41) is 8.77. The summed E-state index contributed by atoms with van der Waals surface area (Å²) in [5.74, 6) is 0.301. The second-order valence-electron chi connectivity index (χ2n) is 4.03. The maximum absolute atomic E-state index is 8.77. The Labute approximate surface area is 75.2 Å². The summed E-state index contributed by atoms with van der Waals surface area (Å²) >= 11 is 0. The van der Waals surface area contributed by atoms with E-state index < -0.39 is 0 Å². The lowest BCUT2D eigenvalue weighted by Crippen LogP contribution is -2.44. The molecule has 2 nitrogen and oxygen atoms in total. The van der Waals surface area contributed by atoms with E-state index in [0.717, 1.165) is 19.4 Å². The van der Waals surface area contributed by atoms with Gasteiger partial charge < -0.3 is 0 Å². The maximum atomic E-state index is 8.77. The van der Waals surface area contributed by atoms with Gasteiger partial charge in [0, 0.05) is 18.0 Å². The summed E-state index contributed by atoms with van der Waals surface area (Å²) in [4.78, 5) is 2.48. The van der Waals surface area contributed by atoms with E-state index in [4.69, 9.17) is 5.26 Å². The molecule has 12 heavy (non-hydrogen) atoms. The molecule has 0 aromatic heterocycles. The van der Waals surface area contributed by atoms with Gasteiger partial charge >= 0.3 is 0 Å². The SMILES string of the molecule is CC(C)N1CCC(C#N)CC1C. The molecule has 68 valence electrons. The Morgan fingerprint density at radius 1 is 1.50 bits per heavy atom. The highest BCUT2D eigenvalue weighted by Gasteiger charge is 2.26. The first-order valence-corrected chi connectivity index (χ1v) is 4.80. The van der Waals surface area contributed by atoms with E-state index in [2.05, 4.69) is 31.7 Å². The number of likely N-dealkylation sites (tertiary alicyclic amines) is 1. The molecule has 1 aliphatic rings. The fourth-order valence-electron chi connectivity index (χ4n) is 2.07. The molecule has 2 atom stereocenters. The molecule has 0 radical (unpaired) electrons. The summed E-state index contributed by atoms with van der Waals surface area (Å²) in [7, 11) is 0. The zero-order valence-electron chi connectivity index (χ0n) is 8.25. The van der Waals surface area contributed by atoms with Gasteiger partial charge in [-0.3, -0.25) is 4.90 Å². The van der Waals surface area contributed by atoms with Crippen LogP contribution in [0.2, 0.25) is 0 Å². The molecule has 0 aromatic carbocycles. The van der Waals surface area contributed by atoms with Gasteiger partial charge in [-0.05, 0) is 40.2 Å². The quantitative estimate of drug-likeness (QED) is 0.596. The molecule has 1 heterocycles. The number of hydrogen-bond acceptors (Lipinski definition) is 2. The van der Waals surface area contributed by atoms with Crippen LogP contribution < -0.4 is 0 Å². The van der Waals surface area contributed by atoms with Gasteiger partial charge in [0.2, 0.25) is 0 Å². The Bertz CT molecular complexity index is 181. The van der Waals surface area contributed by atoms with E-state index in [-0.39, 0.29) is 0 Å². The van der Waals surface area contributed by atoms with Crippen LogP contribution in [0.25, 0.3) is 0 Å². The lowest BCUT2D eigenvalue weighted by atomic mass is 9.92. The minimum absolute atomic E-state index is 0.301. The molecule has 1 fully saturated rings. The first-order valence-electron chi connectivity index (χ1n) is 4.80. The van der Waals surface area contributed by atoms with Crippen LogP contribution in [0.4, 0.5) is 0 Å². The molecule has 0 N–H and O–H groups in total. The van der Waals surface area contributed by atoms with Crippen molar-refractivity contribution in [3.05, 3.63) is 0 Å². The number of piperidine rings is 1. The topological polar surface area (TPSA) is 27.0 Å². The van der Waals surface area contributed by atoms with E-state index in [1.807, 2.05) is 0 Å². The van der Waals surface area contributed by atoms with Crippen molar-refractivity contribution >= 4 is 0 Å². The fourth-order valence-corrected chi connectivity index (χ4v) is 2.07. The van der Waals surface area contributed by atoms with Crippen molar-refractivity contribution < 1.29 is 0 Å². The molecule has 0 bridgehead atoms. The summed E-state index contributed by atoms with van der Waals surface area (Å²) in [6.07, 6.45) is 2.10. The Balaban J connectivity index is 2.49. The minimum atomic E-state index is 0.301. The average Bonchev–Trinajstić information content (AvgIpc) is 2.03. The largest absolute Gasteiger partial charge is 0.298 e. The second kappa shape index (κ2) is 3.91. The number of rotatable bonds is 1. The second-order valence-corrected chi connectivity index (χ2v) is 4.03. The van der Waals surface area contributed by atoms with Crippen LogP contribution in [-0.2, 0) is 0 Å². The average molecular weight is 166 g/mol. The van der Waals surface area contributed by atoms with Crippen LogP contribution in [0, 0.1) is 17.2 Å². The van der Waals surface area contributed by atoms with Crippen LogP contribution in [-0.4, -0.2) is 23.5 Å². The Morgan fingerprint density at radius 3 is 2.58 bits per heavy atom. The lowest BCUT2D eigenvalue weighted by Gasteiger charge is -2.38. The first kappa shape index (κ1) is 9.54. The predicted molar refractivity (Wildman–Crippen MR) is 49.6 cm³/mol. The lowest BCUT2D eigenvalue weighted by molar-refractivity contribution is 0.106. The van der Waals surface area contributed by atoms with Crippen molar-refractivity contribution in [1.29, 1.82) is 5.26 Å².